The monoisotopic (exact) mass is 246 g/mol. The maximum atomic E-state index is 5.92. The van der Waals surface area contributed by atoms with Crippen molar-refractivity contribution >= 4 is 11.4 Å². The molecule has 0 fully saturated rings. The van der Waals surface area contributed by atoms with Gasteiger partial charge in [-0.1, -0.05) is 0 Å². The molecule has 3 N–H and O–H groups in total. The highest BCUT2D eigenvalue weighted by Crippen LogP contribution is 2.23. The number of methoxy groups -OCH3 is 1. The Labute approximate surface area is 107 Å². The SMILES string of the molecule is COc1ccc(NCCn2cc(C)cn2)c(N)c1. The zero-order chi connectivity index (χ0) is 13.0. The molecule has 0 amide bonds. The third-order valence-electron chi connectivity index (χ3n) is 2.68. The number of aromatic nitrogens is 2. The number of nitrogens with two attached hydrogens (primary N) is 1. The molecule has 0 aliphatic rings. The first-order chi connectivity index (χ1) is 8.69. The van der Waals surface area contributed by atoms with Crippen molar-refractivity contribution in [3.8, 4) is 5.75 Å². The molecule has 0 aliphatic carbocycles. The van der Waals surface area contributed by atoms with E-state index in [2.05, 4.69) is 10.4 Å². The van der Waals surface area contributed by atoms with E-state index in [1.165, 1.54) is 5.56 Å². The van der Waals surface area contributed by atoms with Crippen LogP contribution in [0.3, 0.4) is 0 Å². The van der Waals surface area contributed by atoms with Crippen molar-refractivity contribution in [3.63, 3.8) is 0 Å². The van der Waals surface area contributed by atoms with Crippen LogP contribution in [0.2, 0.25) is 0 Å². The van der Waals surface area contributed by atoms with Gasteiger partial charge in [-0.15, -0.1) is 0 Å². The molecule has 1 heterocycles. The van der Waals surface area contributed by atoms with E-state index >= 15 is 0 Å². The minimum absolute atomic E-state index is 0.686. The number of anilines is 2. The third-order valence-corrected chi connectivity index (χ3v) is 2.68. The highest BCUT2D eigenvalue weighted by Gasteiger charge is 2.00. The number of ether oxygens (including phenoxy) is 1. The molecule has 0 saturated heterocycles. The molecule has 0 bridgehead atoms. The normalized spacial score (nSPS) is 10.3. The molecule has 0 radical (unpaired) electrons. The highest BCUT2D eigenvalue weighted by atomic mass is 16.5. The number of rotatable bonds is 5. The topological polar surface area (TPSA) is 65.1 Å². The Balaban J connectivity index is 1.90. The summed E-state index contributed by atoms with van der Waals surface area (Å²) in [5.41, 5.74) is 8.68. The van der Waals surface area contributed by atoms with Crippen LogP contribution in [0.25, 0.3) is 0 Å². The molecule has 0 aliphatic heterocycles. The lowest BCUT2D eigenvalue weighted by Crippen LogP contribution is -2.11. The van der Waals surface area contributed by atoms with Gasteiger partial charge in [0.2, 0.25) is 0 Å². The summed E-state index contributed by atoms with van der Waals surface area (Å²) in [4.78, 5) is 0. The standard InChI is InChI=1S/C13H18N4O/c1-10-8-16-17(9-10)6-5-15-13-4-3-11(18-2)7-12(13)14/h3-4,7-9,15H,5-6,14H2,1-2H3. The lowest BCUT2D eigenvalue weighted by atomic mass is 10.2. The Kier molecular flexibility index (Phi) is 3.72. The minimum atomic E-state index is 0.686. The molecule has 18 heavy (non-hydrogen) atoms. The summed E-state index contributed by atoms with van der Waals surface area (Å²) in [6, 6.07) is 5.61. The van der Waals surface area contributed by atoms with Gasteiger partial charge in [0.15, 0.2) is 0 Å². The van der Waals surface area contributed by atoms with E-state index in [0.717, 1.165) is 24.5 Å². The number of aryl methyl sites for hydroxylation is 1. The van der Waals surface area contributed by atoms with Crippen molar-refractivity contribution in [1.82, 2.24) is 9.78 Å². The average Bonchev–Trinajstić information content (AvgIpc) is 2.77. The van der Waals surface area contributed by atoms with Crippen molar-refractivity contribution in [2.75, 3.05) is 24.7 Å². The number of hydrogen-bond acceptors (Lipinski definition) is 4. The number of nitrogen functional groups attached to an aromatic ring is 1. The molecule has 1 aromatic heterocycles. The van der Waals surface area contributed by atoms with Crippen molar-refractivity contribution in [1.29, 1.82) is 0 Å². The molecule has 0 saturated carbocycles. The lowest BCUT2D eigenvalue weighted by molar-refractivity contribution is 0.415. The highest BCUT2D eigenvalue weighted by molar-refractivity contribution is 5.68. The van der Waals surface area contributed by atoms with Gasteiger partial charge in [-0.2, -0.15) is 5.10 Å². The van der Waals surface area contributed by atoms with Gasteiger partial charge in [0.05, 0.1) is 31.2 Å². The average molecular weight is 246 g/mol. The molecule has 0 unspecified atom stereocenters. The van der Waals surface area contributed by atoms with E-state index in [0.29, 0.717) is 5.69 Å². The number of nitrogens with zero attached hydrogens (tertiary/aromatic N) is 2. The smallest absolute Gasteiger partial charge is 0.121 e. The molecular formula is C13H18N4O. The second kappa shape index (κ2) is 5.44. The summed E-state index contributed by atoms with van der Waals surface area (Å²) in [5, 5.41) is 7.50. The van der Waals surface area contributed by atoms with Gasteiger partial charge < -0.3 is 15.8 Å². The van der Waals surface area contributed by atoms with E-state index in [1.807, 2.05) is 36.1 Å². The number of benzene rings is 1. The maximum Gasteiger partial charge on any atom is 0.121 e. The second-order valence-electron chi connectivity index (χ2n) is 4.16. The predicted octanol–water partition coefficient (Wildman–Crippen LogP) is 1.89. The molecule has 0 atom stereocenters. The summed E-state index contributed by atoms with van der Waals surface area (Å²) in [5.74, 6) is 0.765. The first kappa shape index (κ1) is 12.3. The van der Waals surface area contributed by atoms with Crippen molar-refractivity contribution in [3.05, 3.63) is 36.2 Å². The van der Waals surface area contributed by atoms with Crippen LogP contribution in [0.15, 0.2) is 30.6 Å². The van der Waals surface area contributed by atoms with Gasteiger partial charge in [0.25, 0.3) is 0 Å². The Morgan fingerprint density at radius 1 is 1.44 bits per heavy atom. The molecule has 1 aromatic carbocycles. The Morgan fingerprint density at radius 2 is 2.28 bits per heavy atom. The molecule has 96 valence electrons. The minimum Gasteiger partial charge on any atom is -0.497 e. The molecule has 2 rings (SSSR count). The van der Waals surface area contributed by atoms with Crippen LogP contribution in [-0.2, 0) is 6.54 Å². The van der Waals surface area contributed by atoms with Crippen LogP contribution in [0.5, 0.6) is 5.75 Å². The fraction of sp³-hybridized carbons (Fsp3) is 0.308. The summed E-state index contributed by atoms with van der Waals surface area (Å²) >= 11 is 0. The van der Waals surface area contributed by atoms with E-state index in [-0.39, 0.29) is 0 Å². The largest absolute Gasteiger partial charge is 0.497 e. The van der Waals surface area contributed by atoms with Crippen LogP contribution in [0.4, 0.5) is 11.4 Å². The number of nitrogens with one attached hydrogen (secondary N) is 1. The van der Waals surface area contributed by atoms with Gasteiger partial charge in [0, 0.05) is 18.8 Å². The first-order valence-electron chi connectivity index (χ1n) is 5.85. The zero-order valence-electron chi connectivity index (χ0n) is 10.7. The summed E-state index contributed by atoms with van der Waals surface area (Å²) < 4.78 is 7.01. The number of hydrogen-bond donors (Lipinski definition) is 2. The van der Waals surface area contributed by atoms with Crippen molar-refractivity contribution in [2.45, 2.75) is 13.5 Å². The van der Waals surface area contributed by atoms with Gasteiger partial charge in [-0.3, -0.25) is 4.68 Å². The summed E-state index contributed by atoms with van der Waals surface area (Å²) in [6.45, 7) is 3.61. The molecular weight excluding hydrogens is 228 g/mol. The Hall–Kier alpha value is -2.17. The second-order valence-corrected chi connectivity index (χ2v) is 4.16. The summed E-state index contributed by atoms with van der Waals surface area (Å²) in [7, 11) is 1.63. The van der Waals surface area contributed by atoms with E-state index < -0.39 is 0 Å². The van der Waals surface area contributed by atoms with Crippen LogP contribution in [0.1, 0.15) is 5.56 Å². The van der Waals surface area contributed by atoms with E-state index in [4.69, 9.17) is 10.5 Å². The van der Waals surface area contributed by atoms with Crippen molar-refractivity contribution in [2.24, 2.45) is 0 Å². The molecule has 0 spiro atoms. The predicted molar refractivity (Wildman–Crippen MR) is 72.9 cm³/mol. The van der Waals surface area contributed by atoms with Crippen LogP contribution in [0, 0.1) is 6.92 Å². The quantitative estimate of drug-likeness (QED) is 0.791. The van der Waals surface area contributed by atoms with E-state index in [1.54, 1.807) is 13.2 Å². The Bertz CT molecular complexity index is 521. The lowest BCUT2D eigenvalue weighted by Gasteiger charge is -2.10. The molecule has 2 aromatic rings. The fourth-order valence-corrected chi connectivity index (χ4v) is 1.72. The first-order valence-corrected chi connectivity index (χ1v) is 5.85. The summed E-state index contributed by atoms with van der Waals surface area (Å²) in [6.07, 6.45) is 3.86. The van der Waals surface area contributed by atoms with Crippen LogP contribution in [-0.4, -0.2) is 23.4 Å². The maximum absolute atomic E-state index is 5.92. The van der Waals surface area contributed by atoms with Crippen molar-refractivity contribution < 1.29 is 4.74 Å². The fourth-order valence-electron chi connectivity index (χ4n) is 1.72. The van der Waals surface area contributed by atoms with Gasteiger partial charge in [-0.25, -0.2) is 0 Å². The van der Waals surface area contributed by atoms with Crippen LogP contribution >= 0.6 is 0 Å². The molecule has 5 heteroatoms. The van der Waals surface area contributed by atoms with Crippen LogP contribution < -0.4 is 15.8 Å². The van der Waals surface area contributed by atoms with Gasteiger partial charge >= 0.3 is 0 Å². The molecule has 5 nitrogen and oxygen atoms in total. The van der Waals surface area contributed by atoms with E-state index in [9.17, 15) is 0 Å². The van der Waals surface area contributed by atoms with Gasteiger partial charge in [-0.05, 0) is 24.6 Å². The van der Waals surface area contributed by atoms with Gasteiger partial charge in [0.1, 0.15) is 5.75 Å². The zero-order valence-corrected chi connectivity index (χ0v) is 10.7. The third kappa shape index (κ3) is 2.94. The Morgan fingerprint density at radius 3 is 2.89 bits per heavy atom.